The third-order valence-electron chi connectivity index (χ3n) is 3.80. The number of hydrogen-bond donors (Lipinski definition) is 3. The number of rotatable bonds is 4. The van der Waals surface area contributed by atoms with Crippen molar-refractivity contribution in [1.82, 2.24) is 4.98 Å². The normalized spacial score (nSPS) is 10.6. The van der Waals surface area contributed by atoms with Crippen molar-refractivity contribution in [2.75, 3.05) is 19.5 Å². The molecule has 0 aliphatic rings. The van der Waals surface area contributed by atoms with E-state index in [2.05, 4.69) is 26.2 Å². The Kier molecular flexibility index (Phi) is 4.85. The second kappa shape index (κ2) is 7.09. The minimum atomic E-state index is -0.724. The van der Waals surface area contributed by atoms with Crippen molar-refractivity contribution in [3.8, 4) is 17.2 Å². The second-order valence-electron chi connectivity index (χ2n) is 5.39. The molecule has 0 aliphatic carbocycles. The molecule has 1 aromatic heterocycles. The van der Waals surface area contributed by atoms with Crippen LogP contribution >= 0.6 is 15.9 Å². The maximum atomic E-state index is 12.5. The lowest BCUT2D eigenvalue weighted by Crippen LogP contribution is -2.23. The predicted octanol–water partition coefficient (Wildman–Crippen LogP) is 3.27. The van der Waals surface area contributed by atoms with Crippen LogP contribution in [0.1, 0.15) is 10.4 Å². The summed E-state index contributed by atoms with van der Waals surface area (Å²) in [6, 6.07) is 9.90. The van der Waals surface area contributed by atoms with Gasteiger partial charge >= 0.3 is 0 Å². The topological polar surface area (TPSA) is 101 Å². The number of aromatic hydroxyl groups is 1. The molecule has 134 valence electrons. The van der Waals surface area contributed by atoms with E-state index in [0.29, 0.717) is 22.7 Å². The molecular weight excluding hydrogens is 404 g/mol. The van der Waals surface area contributed by atoms with Gasteiger partial charge in [-0.2, -0.15) is 0 Å². The molecule has 3 aromatic rings. The van der Waals surface area contributed by atoms with Crippen molar-refractivity contribution in [3.05, 3.63) is 56.8 Å². The molecule has 1 amide bonds. The zero-order valence-electron chi connectivity index (χ0n) is 13.9. The Morgan fingerprint density at radius 1 is 1.15 bits per heavy atom. The van der Waals surface area contributed by atoms with Gasteiger partial charge in [-0.1, -0.05) is 22.0 Å². The van der Waals surface area contributed by atoms with Crippen LogP contribution in [-0.4, -0.2) is 30.2 Å². The number of anilines is 1. The van der Waals surface area contributed by atoms with Crippen molar-refractivity contribution in [1.29, 1.82) is 0 Å². The van der Waals surface area contributed by atoms with E-state index in [1.807, 2.05) is 0 Å². The standard InChI is InChI=1S/C18H15BrN2O5/c1-25-13-7-11-12(8-14(13)26-2)21-18(24)15(16(11)22)17(23)20-10-5-3-4-9(19)6-10/h3-8H,1-2H3,(H,20,23)(H2,21,22,24). The summed E-state index contributed by atoms with van der Waals surface area (Å²) in [7, 11) is 2.91. The van der Waals surface area contributed by atoms with Crippen molar-refractivity contribution < 1.29 is 19.4 Å². The van der Waals surface area contributed by atoms with Crippen LogP contribution in [0.15, 0.2) is 45.7 Å². The summed E-state index contributed by atoms with van der Waals surface area (Å²) in [4.78, 5) is 27.5. The van der Waals surface area contributed by atoms with Crippen LogP contribution < -0.4 is 20.3 Å². The van der Waals surface area contributed by atoms with E-state index < -0.39 is 17.2 Å². The average Bonchev–Trinajstić information content (AvgIpc) is 2.60. The largest absolute Gasteiger partial charge is 0.506 e. The number of methoxy groups -OCH3 is 2. The highest BCUT2D eigenvalue weighted by atomic mass is 79.9. The van der Waals surface area contributed by atoms with Crippen molar-refractivity contribution in [3.63, 3.8) is 0 Å². The lowest BCUT2D eigenvalue weighted by Gasteiger charge is -2.12. The lowest BCUT2D eigenvalue weighted by atomic mass is 10.1. The van der Waals surface area contributed by atoms with Crippen molar-refractivity contribution in [2.45, 2.75) is 0 Å². The van der Waals surface area contributed by atoms with Crippen LogP contribution in [0, 0.1) is 0 Å². The molecule has 1 heterocycles. The quantitative estimate of drug-likeness (QED) is 0.603. The van der Waals surface area contributed by atoms with Gasteiger partial charge in [-0.3, -0.25) is 9.59 Å². The van der Waals surface area contributed by atoms with Gasteiger partial charge in [0, 0.05) is 21.6 Å². The van der Waals surface area contributed by atoms with Gasteiger partial charge in [-0.25, -0.2) is 0 Å². The number of halogens is 1. The average molecular weight is 419 g/mol. The zero-order chi connectivity index (χ0) is 18.8. The number of amides is 1. The third kappa shape index (κ3) is 3.23. The van der Waals surface area contributed by atoms with Gasteiger partial charge < -0.3 is 24.9 Å². The number of aromatic amines is 1. The minimum absolute atomic E-state index is 0.265. The summed E-state index contributed by atoms with van der Waals surface area (Å²) in [5.41, 5.74) is -0.292. The van der Waals surface area contributed by atoms with Crippen molar-refractivity contribution >= 4 is 38.4 Å². The van der Waals surface area contributed by atoms with Gasteiger partial charge in [0.25, 0.3) is 11.5 Å². The molecule has 0 bridgehead atoms. The van der Waals surface area contributed by atoms with Crippen LogP contribution in [0.5, 0.6) is 17.2 Å². The molecule has 0 radical (unpaired) electrons. The summed E-state index contributed by atoms with van der Waals surface area (Å²) in [5, 5.41) is 13.4. The Hall–Kier alpha value is -3.00. The Bertz CT molecular complexity index is 1060. The zero-order valence-corrected chi connectivity index (χ0v) is 15.5. The molecule has 0 saturated carbocycles. The molecular formula is C18H15BrN2O5. The van der Waals surface area contributed by atoms with E-state index in [4.69, 9.17) is 9.47 Å². The van der Waals surface area contributed by atoms with Gasteiger partial charge in [0.2, 0.25) is 0 Å². The highest BCUT2D eigenvalue weighted by molar-refractivity contribution is 9.10. The fourth-order valence-corrected chi connectivity index (χ4v) is 2.98. The monoisotopic (exact) mass is 418 g/mol. The number of carbonyl (C=O) groups is 1. The second-order valence-corrected chi connectivity index (χ2v) is 6.31. The number of pyridine rings is 1. The van der Waals surface area contributed by atoms with Crippen LogP contribution in [0.25, 0.3) is 10.9 Å². The van der Waals surface area contributed by atoms with Crippen LogP contribution in [-0.2, 0) is 0 Å². The van der Waals surface area contributed by atoms with E-state index in [1.165, 1.54) is 26.4 Å². The van der Waals surface area contributed by atoms with E-state index in [9.17, 15) is 14.7 Å². The molecule has 3 rings (SSSR count). The Balaban J connectivity index is 2.11. The summed E-state index contributed by atoms with van der Waals surface area (Å²) in [6.45, 7) is 0. The SMILES string of the molecule is COc1cc2[nH]c(=O)c(C(=O)Nc3cccc(Br)c3)c(O)c2cc1OC. The van der Waals surface area contributed by atoms with Crippen molar-refractivity contribution in [2.24, 2.45) is 0 Å². The summed E-state index contributed by atoms with van der Waals surface area (Å²) >= 11 is 3.30. The molecule has 0 saturated heterocycles. The maximum Gasteiger partial charge on any atom is 0.265 e. The number of benzene rings is 2. The first-order valence-corrected chi connectivity index (χ1v) is 8.31. The number of ether oxygens (including phenoxy) is 2. The van der Waals surface area contributed by atoms with Crippen LogP contribution in [0.3, 0.4) is 0 Å². The van der Waals surface area contributed by atoms with E-state index in [0.717, 1.165) is 4.47 Å². The van der Waals surface area contributed by atoms with Gasteiger partial charge in [0.15, 0.2) is 11.5 Å². The number of aromatic nitrogens is 1. The predicted molar refractivity (Wildman–Crippen MR) is 101 cm³/mol. The first-order valence-electron chi connectivity index (χ1n) is 7.52. The van der Waals surface area contributed by atoms with Gasteiger partial charge in [0.05, 0.1) is 19.7 Å². The number of H-pyrrole nitrogens is 1. The minimum Gasteiger partial charge on any atom is -0.506 e. The van der Waals surface area contributed by atoms with Gasteiger partial charge in [-0.05, 0) is 24.3 Å². The van der Waals surface area contributed by atoms with Gasteiger partial charge in [-0.15, -0.1) is 0 Å². The highest BCUT2D eigenvalue weighted by Crippen LogP contribution is 2.35. The molecule has 0 fully saturated rings. The Morgan fingerprint density at radius 3 is 2.50 bits per heavy atom. The molecule has 0 unspecified atom stereocenters. The highest BCUT2D eigenvalue weighted by Gasteiger charge is 2.21. The van der Waals surface area contributed by atoms with Gasteiger partial charge in [0.1, 0.15) is 11.3 Å². The fraction of sp³-hybridized carbons (Fsp3) is 0.111. The molecule has 0 aliphatic heterocycles. The Morgan fingerprint density at radius 2 is 1.85 bits per heavy atom. The molecule has 0 spiro atoms. The first-order chi connectivity index (χ1) is 12.4. The number of carbonyl (C=O) groups excluding carboxylic acids is 1. The van der Waals surface area contributed by atoms with E-state index >= 15 is 0 Å². The summed E-state index contributed by atoms with van der Waals surface area (Å²) < 4.78 is 11.2. The lowest BCUT2D eigenvalue weighted by molar-refractivity contribution is 0.102. The molecule has 26 heavy (non-hydrogen) atoms. The van der Waals surface area contributed by atoms with Crippen LogP contribution in [0.4, 0.5) is 5.69 Å². The van der Waals surface area contributed by atoms with E-state index in [1.54, 1.807) is 24.3 Å². The maximum absolute atomic E-state index is 12.5. The molecule has 0 atom stereocenters. The number of fused-ring (bicyclic) bond motifs is 1. The smallest absolute Gasteiger partial charge is 0.265 e. The third-order valence-corrected chi connectivity index (χ3v) is 4.29. The fourth-order valence-electron chi connectivity index (χ4n) is 2.58. The summed E-state index contributed by atoms with van der Waals surface area (Å²) in [6.07, 6.45) is 0. The first kappa shape index (κ1) is 17.8. The molecule has 8 heteroatoms. The Labute approximate surface area is 156 Å². The number of hydrogen-bond acceptors (Lipinski definition) is 5. The number of nitrogens with one attached hydrogen (secondary N) is 2. The molecule has 7 nitrogen and oxygen atoms in total. The van der Waals surface area contributed by atoms with E-state index in [-0.39, 0.29) is 10.9 Å². The van der Waals surface area contributed by atoms with Crippen LogP contribution in [0.2, 0.25) is 0 Å². The molecule has 3 N–H and O–H groups in total. The molecule has 2 aromatic carbocycles. The summed E-state index contributed by atoms with van der Waals surface area (Å²) in [5.74, 6) is -0.405.